The first-order valence-corrected chi connectivity index (χ1v) is 12.6. The number of carbonyl (C=O) groups is 3. The summed E-state index contributed by atoms with van der Waals surface area (Å²) < 4.78 is 40.8. The standard InChI is InChI=1S/C11H17F3N2O2.C9H11N3O2S.C4H10/c1-7-5-16(6-10(7,2)3)8(17)4-15-9(18)11(12,13)14;1-9(2,11-5-13)6-3-10-4-7-8(6)12-14-15-7;1-4(2)3/h7H,4-6H2,1-3H3,(H,15,18);3-5,12H,1-2H3,(H,11,13);4H,1-3H3/t7-;;/m0../s1. The van der Waals surface area contributed by atoms with Crippen LogP contribution >= 0.6 is 12.0 Å². The first kappa shape index (κ1) is 32.5. The van der Waals surface area contributed by atoms with Gasteiger partial charge in [-0.1, -0.05) is 41.5 Å². The molecule has 2 aliphatic rings. The number of nitrogens with one attached hydrogen (secondary N) is 3. The molecular weight excluding hydrogens is 511 g/mol. The van der Waals surface area contributed by atoms with Gasteiger partial charge in [0.15, 0.2) is 0 Å². The second kappa shape index (κ2) is 13.3. The molecule has 0 aliphatic carbocycles. The van der Waals surface area contributed by atoms with Crippen molar-refractivity contribution in [3.05, 3.63) is 18.0 Å². The lowest BCUT2D eigenvalue weighted by atomic mass is 9.84. The largest absolute Gasteiger partial charge is 0.471 e. The molecule has 0 bridgehead atoms. The zero-order chi connectivity index (χ0) is 28.6. The van der Waals surface area contributed by atoms with E-state index in [0.717, 1.165) is 22.1 Å². The molecule has 0 aromatic carbocycles. The number of fused-ring (bicyclic) bond motifs is 1. The van der Waals surface area contributed by atoms with Crippen molar-refractivity contribution in [2.75, 3.05) is 25.1 Å². The Morgan fingerprint density at radius 1 is 1.30 bits per heavy atom. The van der Waals surface area contributed by atoms with Crippen molar-refractivity contribution >= 4 is 36.0 Å². The zero-order valence-corrected chi connectivity index (χ0v) is 23.4. The molecule has 1 aromatic rings. The van der Waals surface area contributed by atoms with E-state index in [-0.39, 0.29) is 11.3 Å². The van der Waals surface area contributed by atoms with E-state index in [4.69, 9.17) is 4.28 Å². The molecule has 0 unspecified atom stereocenters. The number of amides is 3. The lowest BCUT2D eigenvalue weighted by Gasteiger charge is -2.25. The number of nitrogens with zero attached hydrogens (tertiary/aromatic N) is 2. The molecule has 210 valence electrons. The van der Waals surface area contributed by atoms with Crippen LogP contribution in [0.5, 0.6) is 0 Å². The monoisotopic (exact) mass is 549 g/mol. The molecule has 0 spiro atoms. The molecule has 3 amide bonds. The summed E-state index contributed by atoms with van der Waals surface area (Å²) in [6.07, 6.45) is -0.821. The van der Waals surface area contributed by atoms with Gasteiger partial charge in [-0.3, -0.25) is 24.8 Å². The summed E-state index contributed by atoms with van der Waals surface area (Å²) in [5.41, 5.74) is 4.05. The Labute approximate surface area is 220 Å². The minimum absolute atomic E-state index is 0.0519. The molecule has 3 heterocycles. The van der Waals surface area contributed by atoms with Gasteiger partial charge in [-0.2, -0.15) is 17.5 Å². The highest BCUT2D eigenvalue weighted by Crippen LogP contribution is 2.40. The number of alkyl halides is 3. The van der Waals surface area contributed by atoms with Gasteiger partial charge in [0.05, 0.1) is 34.7 Å². The number of likely N-dealkylation sites (tertiary alicyclic amines) is 1. The highest BCUT2D eigenvalue weighted by molar-refractivity contribution is 7.95. The third-order valence-electron chi connectivity index (χ3n) is 5.72. The molecule has 13 heteroatoms. The molecule has 0 radical (unpaired) electrons. The van der Waals surface area contributed by atoms with Gasteiger partial charge in [0, 0.05) is 31.0 Å². The molecule has 9 nitrogen and oxygen atoms in total. The molecule has 2 aliphatic heterocycles. The normalized spacial score (nSPS) is 17.9. The summed E-state index contributed by atoms with van der Waals surface area (Å²) in [6, 6.07) is 0. The molecule has 3 N–H and O–H groups in total. The van der Waals surface area contributed by atoms with E-state index in [0.29, 0.717) is 19.5 Å². The highest BCUT2D eigenvalue weighted by atomic mass is 32.2. The van der Waals surface area contributed by atoms with Crippen molar-refractivity contribution in [1.29, 1.82) is 0 Å². The Morgan fingerprint density at radius 3 is 2.38 bits per heavy atom. The van der Waals surface area contributed by atoms with E-state index in [1.807, 2.05) is 34.6 Å². The lowest BCUT2D eigenvalue weighted by molar-refractivity contribution is -0.174. The number of halogens is 3. The average Bonchev–Trinajstić information content (AvgIpc) is 3.34. The minimum Gasteiger partial charge on any atom is -0.350 e. The number of aromatic nitrogens is 1. The molecule has 37 heavy (non-hydrogen) atoms. The maximum Gasteiger partial charge on any atom is 0.471 e. The topological polar surface area (TPSA) is 113 Å². The summed E-state index contributed by atoms with van der Waals surface area (Å²) in [5.74, 6) is -1.45. The van der Waals surface area contributed by atoms with Crippen LogP contribution in [0.25, 0.3) is 0 Å². The van der Waals surface area contributed by atoms with Crippen molar-refractivity contribution in [3.63, 3.8) is 0 Å². The fraction of sp³-hybridized carbons (Fsp3) is 0.667. The predicted molar refractivity (Wildman–Crippen MR) is 136 cm³/mol. The highest BCUT2D eigenvalue weighted by Gasteiger charge is 2.41. The van der Waals surface area contributed by atoms with Crippen LogP contribution in [0.3, 0.4) is 0 Å². The van der Waals surface area contributed by atoms with Crippen molar-refractivity contribution in [1.82, 2.24) is 20.5 Å². The van der Waals surface area contributed by atoms with Crippen LogP contribution in [-0.2, 0) is 24.2 Å². The summed E-state index contributed by atoms with van der Waals surface area (Å²) in [7, 11) is 0. The quantitative estimate of drug-likeness (QED) is 0.372. The SMILES string of the molecule is CC(C)(NC=O)c1cncc2c1NOS2.CC(C)C.C[C@H]1CN(C(=O)CNC(=O)C(F)(F)F)CC1(C)C. The fourth-order valence-corrected chi connectivity index (χ4v) is 3.82. The Hall–Kier alpha value is -2.54. The number of hydrogen-bond acceptors (Lipinski definition) is 7. The van der Waals surface area contributed by atoms with Crippen LogP contribution in [0.15, 0.2) is 17.3 Å². The molecule has 1 fully saturated rings. The van der Waals surface area contributed by atoms with E-state index < -0.39 is 30.1 Å². The van der Waals surface area contributed by atoms with E-state index >= 15 is 0 Å². The van der Waals surface area contributed by atoms with Gasteiger partial charge in [-0.15, -0.1) is 0 Å². The summed E-state index contributed by atoms with van der Waals surface area (Å²) in [4.78, 5) is 39.2. The maximum absolute atomic E-state index is 11.9. The van der Waals surface area contributed by atoms with E-state index in [1.54, 1.807) is 17.7 Å². The molecule has 1 aromatic heterocycles. The number of anilines is 1. The number of hydrogen-bond donors (Lipinski definition) is 3. The summed E-state index contributed by atoms with van der Waals surface area (Å²) >= 11 is 1.23. The molecule has 1 saturated heterocycles. The lowest BCUT2D eigenvalue weighted by Crippen LogP contribution is -2.44. The van der Waals surface area contributed by atoms with Crippen molar-refractivity contribution in [3.8, 4) is 0 Å². The zero-order valence-electron chi connectivity index (χ0n) is 22.6. The third kappa shape index (κ3) is 10.0. The second-order valence-electron chi connectivity index (χ2n) is 10.8. The van der Waals surface area contributed by atoms with Crippen LogP contribution < -0.4 is 16.1 Å². The van der Waals surface area contributed by atoms with E-state index in [2.05, 4.69) is 36.6 Å². The van der Waals surface area contributed by atoms with Gasteiger partial charge < -0.3 is 15.5 Å². The van der Waals surface area contributed by atoms with Crippen LogP contribution in [0.1, 0.15) is 61.0 Å². The van der Waals surface area contributed by atoms with Crippen molar-refractivity contribution in [2.45, 2.75) is 72.0 Å². The Kier molecular flexibility index (Phi) is 11.7. The van der Waals surface area contributed by atoms with Gasteiger partial charge in [0.2, 0.25) is 12.3 Å². The predicted octanol–water partition coefficient (Wildman–Crippen LogP) is 4.26. The summed E-state index contributed by atoms with van der Waals surface area (Å²) in [5, 5.41) is 4.33. The smallest absolute Gasteiger partial charge is 0.350 e. The van der Waals surface area contributed by atoms with Crippen LogP contribution in [-0.4, -0.2) is 53.9 Å². The maximum atomic E-state index is 11.9. The van der Waals surface area contributed by atoms with Gasteiger partial charge in [0.1, 0.15) is 0 Å². The number of rotatable bonds is 5. The minimum atomic E-state index is -4.95. The Balaban J connectivity index is 0.000000327. The average molecular weight is 550 g/mol. The molecule has 3 rings (SSSR count). The Morgan fingerprint density at radius 2 is 1.89 bits per heavy atom. The van der Waals surface area contributed by atoms with Crippen LogP contribution in [0.2, 0.25) is 0 Å². The first-order chi connectivity index (χ1) is 16.9. The van der Waals surface area contributed by atoms with Crippen molar-refractivity contribution in [2.24, 2.45) is 17.3 Å². The van der Waals surface area contributed by atoms with Gasteiger partial charge in [-0.25, -0.2) is 0 Å². The molecule has 1 atom stereocenters. The van der Waals surface area contributed by atoms with Gasteiger partial charge in [0.25, 0.3) is 0 Å². The van der Waals surface area contributed by atoms with Crippen molar-refractivity contribution < 1.29 is 31.8 Å². The van der Waals surface area contributed by atoms with E-state index in [9.17, 15) is 27.6 Å². The van der Waals surface area contributed by atoms with Gasteiger partial charge >= 0.3 is 12.1 Å². The number of carbonyl (C=O) groups excluding carboxylic acids is 3. The second-order valence-corrected chi connectivity index (χ2v) is 11.6. The van der Waals surface area contributed by atoms with Gasteiger partial charge in [-0.05, 0) is 31.1 Å². The summed E-state index contributed by atoms with van der Waals surface area (Å²) in [6.45, 7) is 16.7. The number of pyridine rings is 1. The van der Waals surface area contributed by atoms with Crippen LogP contribution in [0, 0.1) is 17.3 Å². The fourth-order valence-electron chi connectivity index (χ4n) is 3.26. The molecule has 0 saturated carbocycles. The Bertz CT molecular complexity index is 939. The van der Waals surface area contributed by atoms with Crippen LogP contribution in [0.4, 0.5) is 18.9 Å². The molecular formula is C24H38F3N5O4S. The van der Waals surface area contributed by atoms with E-state index in [1.165, 1.54) is 16.9 Å². The third-order valence-corrected chi connectivity index (χ3v) is 6.37. The first-order valence-electron chi connectivity index (χ1n) is 11.8.